The van der Waals surface area contributed by atoms with Crippen LogP contribution in [0, 0.1) is 5.92 Å². The van der Waals surface area contributed by atoms with E-state index in [9.17, 15) is 14.4 Å². The Morgan fingerprint density at radius 2 is 1.74 bits per heavy atom. The fraction of sp³-hybridized carbons (Fsp3) is 0.250. The third-order valence-electron chi connectivity index (χ3n) is 5.86. The largest absolute Gasteiger partial charge is 0.480 e. The van der Waals surface area contributed by atoms with E-state index in [-0.39, 0.29) is 17.1 Å². The van der Waals surface area contributed by atoms with Gasteiger partial charge in [-0.2, -0.15) is 4.98 Å². The molecule has 0 radical (unpaired) electrons. The maximum absolute atomic E-state index is 13.1. The molecule has 2 aromatic carbocycles. The van der Waals surface area contributed by atoms with Crippen molar-refractivity contribution in [2.75, 3.05) is 11.4 Å². The van der Waals surface area contributed by atoms with E-state index in [4.69, 9.17) is 9.84 Å². The van der Waals surface area contributed by atoms with E-state index >= 15 is 0 Å². The SMILES string of the molecule is C[C@H]1CN(c2ccc(Oc3ccccc3)cc2)c2nc3c(c(=O)n(CC(=O)O)c(=O)n3C)n2C1. The molecule has 0 bridgehead atoms. The monoisotopic (exact) mass is 461 g/mol. The van der Waals surface area contributed by atoms with E-state index < -0.39 is 23.8 Å². The van der Waals surface area contributed by atoms with Crippen LogP contribution in [0.3, 0.4) is 0 Å². The third-order valence-corrected chi connectivity index (χ3v) is 5.86. The number of aliphatic carboxylic acids is 1. The van der Waals surface area contributed by atoms with Crippen LogP contribution in [-0.4, -0.2) is 36.3 Å². The first-order valence-corrected chi connectivity index (χ1v) is 10.9. The third kappa shape index (κ3) is 3.62. The number of ether oxygens (including phenoxy) is 1. The summed E-state index contributed by atoms with van der Waals surface area (Å²) in [6, 6.07) is 17.1. The van der Waals surface area contributed by atoms with Crippen LogP contribution in [0.25, 0.3) is 11.2 Å². The van der Waals surface area contributed by atoms with Gasteiger partial charge < -0.3 is 19.3 Å². The van der Waals surface area contributed by atoms with Gasteiger partial charge in [-0.3, -0.25) is 14.2 Å². The molecule has 1 aliphatic heterocycles. The van der Waals surface area contributed by atoms with Crippen LogP contribution in [-0.2, 0) is 24.9 Å². The summed E-state index contributed by atoms with van der Waals surface area (Å²) in [5.74, 6) is 0.874. The number of fused-ring (bicyclic) bond motifs is 3. The Morgan fingerprint density at radius 1 is 1.06 bits per heavy atom. The van der Waals surface area contributed by atoms with Gasteiger partial charge in [0.05, 0.1) is 0 Å². The van der Waals surface area contributed by atoms with Gasteiger partial charge in [0.1, 0.15) is 18.0 Å². The zero-order valence-electron chi connectivity index (χ0n) is 18.7. The molecule has 0 amide bonds. The number of rotatable bonds is 5. The lowest BCUT2D eigenvalue weighted by Gasteiger charge is -2.33. The summed E-state index contributed by atoms with van der Waals surface area (Å²) in [6.45, 7) is 2.55. The molecule has 0 fully saturated rings. The first-order chi connectivity index (χ1) is 16.3. The number of carboxylic acids is 1. The minimum absolute atomic E-state index is 0.176. The first kappa shape index (κ1) is 21.5. The lowest BCUT2D eigenvalue weighted by atomic mass is 10.1. The molecule has 3 heterocycles. The molecule has 1 N–H and O–H groups in total. The van der Waals surface area contributed by atoms with Gasteiger partial charge in [0.2, 0.25) is 5.95 Å². The highest BCUT2D eigenvalue weighted by molar-refractivity contribution is 5.77. The maximum atomic E-state index is 13.1. The van der Waals surface area contributed by atoms with Gasteiger partial charge in [-0.15, -0.1) is 0 Å². The Hall–Kier alpha value is -4.34. The van der Waals surface area contributed by atoms with Crippen LogP contribution >= 0.6 is 0 Å². The average molecular weight is 461 g/mol. The Kier molecular flexibility index (Phi) is 5.20. The summed E-state index contributed by atoms with van der Waals surface area (Å²) in [5, 5.41) is 9.17. The van der Waals surface area contributed by atoms with E-state index in [2.05, 4.69) is 11.9 Å². The molecular weight excluding hydrogens is 438 g/mol. The van der Waals surface area contributed by atoms with Gasteiger partial charge in [0.25, 0.3) is 5.56 Å². The van der Waals surface area contributed by atoms with Crippen molar-refractivity contribution in [2.45, 2.75) is 20.0 Å². The summed E-state index contributed by atoms with van der Waals surface area (Å²) in [6.07, 6.45) is 0. The van der Waals surface area contributed by atoms with Crippen LogP contribution in [0.4, 0.5) is 11.6 Å². The molecule has 174 valence electrons. The van der Waals surface area contributed by atoms with Crippen molar-refractivity contribution in [1.29, 1.82) is 0 Å². The second-order valence-electron chi connectivity index (χ2n) is 8.45. The fourth-order valence-electron chi connectivity index (χ4n) is 4.32. The second-order valence-corrected chi connectivity index (χ2v) is 8.45. The predicted octanol–water partition coefficient (Wildman–Crippen LogP) is 2.56. The minimum Gasteiger partial charge on any atom is -0.480 e. The first-order valence-electron chi connectivity index (χ1n) is 10.9. The molecule has 0 spiro atoms. The number of nitrogens with zero attached hydrogens (tertiary/aromatic N) is 5. The van der Waals surface area contributed by atoms with Crippen LogP contribution in [0.15, 0.2) is 64.2 Å². The lowest BCUT2D eigenvalue weighted by Crippen LogP contribution is -2.41. The number of anilines is 2. The number of hydrogen-bond donors (Lipinski definition) is 1. The summed E-state index contributed by atoms with van der Waals surface area (Å²) >= 11 is 0. The van der Waals surface area contributed by atoms with Gasteiger partial charge >= 0.3 is 11.7 Å². The highest BCUT2D eigenvalue weighted by Crippen LogP contribution is 2.34. The van der Waals surface area contributed by atoms with Crippen LogP contribution in [0.5, 0.6) is 11.5 Å². The zero-order chi connectivity index (χ0) is 24.0. The van der Waals surface area contributed by atoms with Crippen LogP contribution < -0.4 is 20.9 Å². The summed E-state index contributed by atoms with van der Waals surface area (Å²) in [4.78, 5) is 43.6. The minimum atomic E-state index is -1.26. The second kappa shape index (κ2) is 8.22. The molecule has 2 aromatic heterocycles. The number of aryl methyl sites for hydroxylation is 1. The lowest BCUT2D eigenvalue weighted by molar-refractivity contribution is -0.137. The summed E-state index contributed by atoms with van der Waals surface area (Å²) in [5.41, 5.74) is -0.0506. The molecule has 1 aliphatic rings. The quantitative estimate of drug-likeness (QED) is 0.486. The molecular formula is C24H23N5O5. The smallest absolute Gasteiger partial charge is 0.333 e. The number of carboxylic acid groups (broad SMARTS) is 1. The number of aromatic nitrogens is 4. The van der Waals surface area contributed by atoms with Crippen molar-refractivity contribution in [3.05, 3.63) is 75.4 Å². The Labute approximate surface area is 193 Å². The van der Waals surface area contributed by atoms with Gasteiger partial charge in [-0.25, -0.2) is 9.36 Å². The molecule has 0 unspecified atom stereocenters. The van der Waals surface area contributed by atoms with Gasteiger partial charge in [-0.1, -0.05) is 25.1 Å². The number of hydrogen-bond acceptors (Lipinski definition) is 6. The highest BCUT2D eigenvalue weighted by atomic mass is 16.5. The zero-order valence-corrected chi connectivity index (χ0v) is 18.7. The van der Waals surface area contributed by atoms with E-state index in [1.807, 2.05) is 59.5 Å². The van der Waals surface area contributed by atoms with Gasteiger partial charge in [0.15, 0.2) is 11.2 Å². The topological polar surface area (TPSA) is 112 Å². The van der Waals surface area contributed by atoms with Crippen molar-refractivity contribution in [3.63, 3.8) is 0 Å². The van der Waals surface area contributed by atoms with Gasteiger partial charge in [-0.05, 0) is 42.3 Å². The van der Waals surface area contributed by atoms with E-state index in [0.717, 1.165) is 16.0 Å². The van der Waals surface area contributed by atoms with Crippen molar-refractivity contribution in [1.82, 2.24) is 18.7 Å². The predicted molar refractivity (Wildman–Crippen MR) is 126 cm³/mol. The van der Waals surface area contributed by atoms with E-state index in [1.54, 1.807) is 4.57 Å². The average Bonchev–Trinajstić information content (AvgIpc) is 3.20. The molecule has 0 saturated heterocycles. The molecule has 10 nitrogen and oxygen atoms in total. The van der Waals surface area contributed by atoms with Crippen molar-refractivity contribution in [2.24, 2.45) is 13.0 Å². The van der Waals surface area contributed by atoms with E-state index in [1.165, 1.54) is 11.6 Å². The highest BCUT2D eigenvalue weighted by Gasteiger charge is 2.30. The Balaban J connectivity index is 1.58. The number of para-hydroxylation sites is 1. The number of imidazole rings is 1. The Bertz CT molecular complexity index is 1500. The van der Waals surface area contributed by atoms with E-state index in [0.29, 0.717) is 24.8 Å². The molecule has 5 rings (SSSR count). The normalized spacial score (nSPS) is 15.4. The number of carbonyl (C=O) groups is 1. The molecule has 0 saturated carbocycles. The van der Waals surface area contributed by atoms with Crippen molar-refractivity contribution < 1.29 is 14.6 Å². The van der Waals surface area contributed by atoms with Gasteiger partial charge in [0, 0.05) is 25.8 Å². The molecule has 1 atom stereocenters. The van der Waals surface area contributed by atoms with Crippen LogP contribution in [0.1, 0.15) is 6.92 Å². The van der Waals surface area contributed by atoms with Crippen molar-refractivity contribution >= 4 is 28.8 Å². The maximum Gasteiger partial charge on any atom is 0.333 e. The summed E-state index contributed by atoms with van der Waals surface area (Å²) in [7, 11) is 1.49. The molecule has 34 heavy (non-hydrogen) atoms. The Morgan fingerprint density at radius 3 is 2.41 bits per heavy atom. The van der Waals surface area contributed by atoms with Crippen molar-refractivity contribution in [3.8, 4) is 11.5 Å². The standard InChI is InChI=1S/C24H23N5O5/c1-15-12-27(16-8-10-18(11-9-16)34-17-6-4-3-5-7-17)23-25-21-20(28(23)13-15)22(32)29(14-19(30)31)24(33)26(21)2/h3-11,15H,12-14H2,1-2H3,(H,30,31)/t15-/m0/s1. The van der Waals surface area contributed by atoms with Crippen LogP contribution in [0.2, 0.25) is 0 Å². The summed E-state index contributed by atoms with van der Waals surface area (Å²) < 4.78 is 9.62. The molecule has 4 aromatic rings. The molecule has 10 heteroatoms. The fourth-order valence-corrected chi connectivity index (χ4v) is 4.32. The molecule has 0 aliphatic carbocycles. The number of benzene rings is 2.